The van der Waals surface area contributed by atoms with E-state index in [1.807, 2.05) is 24.0 Å². The molecule has 1 aliphatic heterocycles. The van der Waals surface area contributed by atoms with Crippen LogP contribution in [0.25, 0.3) is 0 Å². The summed E-state index contributed by atoms with van der Waals surface area (Å²) in [5, 5.41) is 3.37. The van der Waals surface area contributed by atoms with Crippen LogP contribution in [0.4, 0.5) is 0 Å². The van der Waals surface area contributed by atoms with Crippen molar-refractivity contribution in [3.8, 4) is 0 Å². The summed E-state index contributed by atoms with van der Waals surface area (Å²) < 4.78 is 0. The molecule has 1 fully saturated rings. The fourth-order valence-electron chi connectivity index (χ4n) is 2.36. The van der Waals surface area contributed by atoms with Gasteiger partial charge in [0.15, 0.2) is 0 Å². The van der Waals surface area contributed by atoms with Gasteiger partial charge in [-0.05, 0) is 44.0 Å². The first-order valence-corrected chi connectivity index (χ1v) is 6.69. The van der Waals surface area contributed by atoms with Crippen LogP contribution in [0, 0.1) is 0 Å². The van der Waals surface area contributed by atoms with E-state index in [4.69, 9.17) is 0 Å². The molecule has 98 valence electrons. The molecule has 0 radical (unpaired) electrons. The standard InChI is InChI=1S/C14H21N3O/c1-2-17(11-12-5-8-15-9-6-12)14(18)10-13-4-3-7-16-13/h5-6,8-9,13,16H,2-4,7,10-11H2,1H3. The predicted molar refractivity (Wildman–Crippen MR) is 71.0 cm³/mol. The lowest BCUT2D eigenvalue weighted by atomic mass is 10.1. The maximum Gasteiger partial charge on any atom is 0.224 e. The average molecular weight is 247 g/mol. The molecule has 0 bridgehead atoms. The van der Waals surface area contributed by atoms with Crippen LogP contribution in [0.2, 0.25) is 0 Å². The molecule has 18 heavy (non-hydrogen) atoms. The lowest BCUT2D eigenvalue weighted by Gasteiger charge is -2.22. The van der Waals surface area contributed by atoms with Crippen molar-refractivity contribution in [2.45, 2.75) is 38.8 Å². The number of nitrogens with one attached hydrogen (secondary N) is 1. The number of aromatic nitrogens is 1. The van der Waals surface area contributed by atoms with Gasteiger partial charge in [-0.25, -0.2) is 0 Å². The fourth-order valence-corrected chi connectivity index (χ4v) is 2.36. The van der Waals surface area contributed by atoms with Crippen LogP contribution < -0.4 is 5.32 Å². The van der Waals surface area contributed by atoms with E-state index in [9.17, 15) is 4.79 Å². The summed E-state index contributed by atoms with van der Waals surface area (Å²) >= 11 is 0. The van der Waals surface area contributed by atoms with E-state index in [0.717, 1.165) is 25.1 Å². The second-order valence-corrected chi connectivity index (χ2v) is 4.76. The first-order valence-electron chi connectivity index (χ1n) is 6.69. The van der Waals surface area contributed by atoms with Crippen molar-refractivity contribution in [2.75, 3.05) is 13.1 Å². The van der Waals surface area contributed by atoms with Gasteiger partial charge in [0.2, 0.25) is 5.91 Å². The van der Waals surface area contributed by atoms with Crippen molar-refractivity contribution >= 4 is 5.91 Å². The third kappa shape index (κ3) is 3.53. The molecule has 0 saturated carbocycles. The Bertz CT molecular complexity index is 374. The van der Waals surface area contributed by atoms with Gasteiger partial charge in [0.1, 0.15) is 0 Å². The van der Waals surface area contributed by atoms with Crippen LogP contribution in [0.1, 0.15) is 31.7 Å². The molecule has 1 unspecified atom stereocenters. The van der Waals surface area contributed by atoms with Gasteiger partial charge in [0.25, 0.3) is 0 Å². The summed E-state index contributed by atoms with van der Waals surface area (Å²) in [7, 11) is 0. The monoisotopic (exact) mass is 247 g/mol. The summed E-state index contributed by atoms with van der Waals surface area (Å²) in [4.78, 5) is 18.1. The van der Waals surface area contributed by atoms with Crippen LogP contribution in [-0.2, 0) is 11.3 Å². The minimum Gasteiger partial charge on any atom is -0.339 e. The van der Waals surface area contributed by atoms with E-state index >= 15 is 0 Å². The molecule has 1 N–H and O–H groups in total. The zero-order valence-electron chi connectivity index (χ0n) is 10.9. The Morgan fingerprint density at radius 1 is 1.50 bits per heavy atom. The Hall–Kier alpha value is -1.42. The molecule has 0 aromatic carbocycles. The summed E-state index contributed by atoms with van der Waals surface area (Å²) in [6.45, 7) is 4.52. The van der Waals surface area contributed by atoms with Crippen molar-refractivity contribution in [3.05, 3.63) is 30.1 Å². The van der Waals surface area contributed by atoms with Crippen LogP contribution in [0.3, 0.4) is 0 Å². The molecule has 1 aromatic rings. The van der Waals surface area contributed by atoms with E-state index in [0.29, 0.717) is 19.0 Å². The molecule has 1 atom stereocenters. The van der Waals surface area contributed by atoms with Gasteiger partial charge in [-0.1, -0.05) is 0 Å². The number of hydrogen-bond donors (Lipinski definition) is 1. The molecule has 4 heteroatoms. The van der Waals surface area contributed by atoms with Gasteiger partial charge in [-0.3, -0.25) is 9.78 Å². The minimum absolute atomic E-state index is 0.244. The molecule has 1 aliphatic rings. The Labute approximate surface area is 108 Å². The van der Waals surface area contributed by atoms with Crippen LogP contribution >= 0.6 is 0 Å². The summed E-state index contributed by atoms with van der Waals surface area (Å²) in [6.07, 6.45) is 6.48. The van der Waals surface area contributed by atoms with E-state index < -0.39 is 0 Å². The van der Waals surface area contributed by atoms with E-state index in [1.54, 1.807) is 12.4 Å². The highest BCUT2D eigenvalue weighted by atomic mass is 16.2. The van der Waals surface area contributed by atoms with E-state index in [-0.39, 0.29) is 5.91 Å². The van der Waals surface area contributed by atoms with Gasteiger partial charge >= 0.3 is 0 Å². The van der Waals surface area contributed by atoms with Crippen LogP contribution in [-0.4, -0.2) is 34.9 Å². The van der Waals surface area contributed by atoms with E-state index in [2.05, 4.69) is 10.3 Å². The zero-order chi connectivity index (χ0) is 12.8. The number of nitrogens with zero attached hydrogens (tertiary/aromatic N) is 2. The molecular weight excluding hydrogens is 226 g/mol. The molecule has 1 amide bonds. The average Bonchev–Trinajstić information content (AvgIpc) is 2.90. The normalized spacial score (nSPS) is 18.8. The lowest BCUT2D eigenvalue weighted by molar-refractivity contribution is -0.132. The third-order valence-electron chi connectivity index (χ3n) is 3.44. The number of pyridine rings is 1. The Morgan fingerprint density at radius 2 is 2.28 bits per heavy atom. The van der Waals surface area contributed by atoms with Crippen LogP contribution in [0.5, 0.6) is 0 Å². The van der Waals surface area contributed by atoms with Gasteiger partial charge in [-0.15, -0.1) is 0 Å². The van der Waals surface area contributed by atoms with Crippen molar-refractivity contribution in [3.63, 3.8) is 0 Å². The largest absolute Gasteiger partial charge is 0.339 e. The SMILES string of the molecule is CCN(Cc1ccncc1)C(=O)CC1CCCN1. The molecule has 1 aromatic heterocycles. The molecule has 2 heterocycles. The van der Waals surface area contributed by atoms with Crippen molar-refractivity contribution in [1.29, 1.82) is 0 Å². The Morgan fingerprint density at radius 3 is 2.89 bits per heavy atom. The van der Waals surface area contributed by atoms with Gasteiger partial charge < -0.3 is 10.2 Å². The van der Waals surface area contributed by atoms with Crippen molar-refractivity contribution in [2.24, 2.45) is 0 Å². The zero-order valence-corrected chi connectivity index (χ0v) is 10.9. The lowest BCUT2D eigenvalue weighted by Crippen LogP contribution is -2.35. The molecule has 1 saturated heterocycles. The second kappa shape index (κ2) is 6.50. The fraction of sp³-hybridized carbons (Fsp3) is 0.571. The minimum atomic E-state index is 0.244. The van der Waals surface area contributed by atoms with Crippen LogP contribution in [0.15, 0.2) is 24.5 Å². The van der Waals surface area contributed by atoms with Crippen molar-refractivity contribution in [1.82, 2.24) is 15.2 Å². The molecular formula is C14H21N3O. The highest BCUT2D eigenvalue weighted by molar-refractivity contribution is 5.76. The maximum atomic E-state index is 12.2. The van der Waals surface area contributed by atoms with Gasteiger partial charge in [0, 0.05) is 37.9 Å². The second-order valence-electron chi connectivity index (χ2n) is 4.76. The smallest absolute Gasteiger partial charge is 0.224 e. The van der Waals surface area contributed by atoms with Gasteiger partial charge in [0.05, 0.1) is 0 Å². The molecule has 0 spiro atoms. The third-order valence-corrected chi connectivity index (χ3v) is 3.44. The number of carbonyl (C=O) groups excluding carboxylic acids is 1. The molecule has 0 aliphatic carbocycles. The number of carbonyl (C=O) groups is 1. The van der Waals surface area contributed by atoms with Crippen molar-refractivity contribution < 1.29 is 4.79 Å². The Balaban J connectivity index is 1.89. The first-order chi connectivity index (χ1) is 8.79. The number of amides is 1. The summed E-state index contributed by atoms with van der Waals surface area (Å²) in [5.74, 6) is 0.244. The topological polar surface area (TPSA) is 45.2 Å². The molecule has 2 rings (SSSR count). The Kier molecular flexibility index (Phi) is 4.70. The van der Waals surface area contributed by atoms with E-state index in [1.165, 1.54) is 6.42 Å². The number of hydrogen-bond acceptors (Lipinski definition) is 3. The quantitative estimate of drug-likeness (QED) is 0.859. The highest BCUT2D eigenvalue weighted by Gasteiger charge is 2.20. The van der Waals surface area contributed by atoms with Gasteiger partial charge in [-0.2, -0.15) is 0 Å². The highest BCUT2D eigenvalue weighted by Crippen LogP contribution is 2.12. The predicted octanol–water partition coefficient (Wildman–Crippen LogP) is 1.57. The summed E-state index contributed by atoms with van der Waals surface area (Å²) in [6, 6.07) is 4.30. The first kappa shape index (κ1) is 13.0. The molecule has 4 nitrogen and oxygen atoms in total. The summed E-state index contributed by atoms with van der Waals surface area (Å²) in [5.41, 5.74) is 1.14. The number of rotatable bonds is 5. The maximum absolute atomic E-state index is 12.2.